The fourth-order valence-electron chi connectivity index (χ4n) is 2.27. The number of aromatic hydroxyl groups is 1. The lowest BCUT2D eigenvalue weighted by molar-refractivity contribution is 0.462. The van der Waals surface area contributed by atoms with Gasteiger partial charge in [-0.1, -0.05) is 56.8 Å². The highest BCUT2D eigenvalue weighted by atomic mass is 16.3. The molecule has 0 bridgehead atoms. The van der Waals surface area contributed by atoms with Crippen molar-refractivity contribution in [1.29, 1.82) is 0 Å². The lowest BCUT2D eigenvalue weighted by Gasteiger charge is -2.14. The van der Waals surface area contributed by atoms with Crippen LogP contribution in [0.15, 0.2) is 49.0 Å². The molecule has 1 atom stereocenters. The largest absolute Gasteiger partial charge is 0.508 e. The first-order chi connectivity index (χ1) is 9.17. The van der Waals surface area contributed by atoms with Crippen LogP contribution in [-0.2, 0) is 0 Å². The van der Waals surface area contributed by atoms with Crippen LogP contribution in [0.3, 0.4) is 0 Å². The van der Waals surface area contributed by atoms with Crippen LogP contribution in [-0.4, -0.2) is 5.11 Å². The molecule has 98 valence electrons. The third-order valence-corrected chi connectivity index (χ3v) is 3.66. The number of phenols is 1. The van der Waals surface area contributed by atoms with E-state index in [0.29, 0.717) is 11.7 Å². The van der Waals surface area contributed by atoms with Crippen LogP contribution in [0.1, 0.15) is 37.3 Å². The lowest BCUT2D eigenvalue weighted by atomic mass is 9.92. The van der Waals surface area contributed by atoms with Crippen molar-refractivity contribution in [2.75, 3.05) is 0 Å². The van der Waals surface area contributed by atoms with Gasteiger partial charge in [-0.15, -0.1) is 0 Å². The molecule has 0 aliphatic rings. The zero-order valence-corrected chi connectivity index (χ0v) is 11.6. The Morgan fingerprint density at radius 2 is 1.95 bits per heavy atom. The number of hydrogen-bond acceptors (Lipinski definition) is 1. The monoisotopic (exact) mass is 252 g/mol. The minimum atomic E-state index is 0.357. The molecule has 0 aliphatic heterocycles. The third-order valence-electron chi connectivity index (χ3n) is 3.66. The molecule has 19 heavy (non-hydrogen) atoms. The van der Waals surface area contributed by atoms with Gasteiger partial charge in [0.15, 0.2) is 0 Å². The molecule has 0 aliphatic carbocycles. The molecule has 1 nitrogen and oxygen atoms in total. The molecular weight excluding hydrogens is 232 g/mol. The second-order valence-electron chi connectivity index (χ2n) is 4.87. The van der Waals surface area contributed by atoms with E-state index in [0.717, 1.165) is 28.7 Å². The van der Waals surface area contributed by atoms with Crippen LogP contribution < -0.4 is 0 Å². The van der Waals surface area contributed by atoms with Crippen molar-refractivity contribution in [2.45, 2.75) is 26.2 Å². The molecule has 0 aromatic heterocycles. The minimum Gasteiger partial charge on any atom is -0.508 e. The first-order valence-corrected chi connectivity index (χ1v) is 6.72. The molecule has 1 unspecified atom stereocenters. The molecule has 1 heteroatoms. The molecule has 0 saturated heterocycles. The summed E-state index contributed by atoms with van der Waals surface area (Å²) >= 11 is 0. The zero-order valence-electron chi connectivity index (χ0n) is 11.6. The summed E-state index contributed by atoms with van der Waals surface area (Å²) in [6.45, 7) is 8.13. The summed E-state index contributed by atoms with van der Waals surface area (Å²) in [5, 5.41) is 9.99. The highest BCUT2D eigenvalue weighted by molar-refractivity contribution is 5.75. The van der Waals surface area contributed by atoms with Crippen molar-refractivity contribution in [3.63, 3.8) is 0 Å². The summed E-state index contributed by atoms with van der Waals surface area (Å²) in [6, 6.07) is 14.0. The van der Waals surface area contributed by atoms with Crippen LogP contribution in [0, 0.1) is 0 Å². The molecular formula is C18H20O. The van der Waals surface area contributed by atoms with Crippen molar-refractivity contribution in [3.8, 4) is 16.9 Å². The maximum absolute atomic E-state index is 9.99. The fraction of sp³-hybridized carbons (Fsp3) is 0.222. The second kappa shape index (κ2) is 5.75. The number of phenolic OH excluding ortho intramolecular Hbond substituents is 1. The van der Waals surface area contributed by atoms with Crippen LogP contribution in [0.4, 0.5) is 0 Å². The summed E-state index contributed by atoms with van der Waals surface area (Å²) < 4.78 is 0. The van der Waals surface area contributed by atoms with Gasteiger partial charge in [0.25, 0.3) is 0 Å². The molecule has 0 saturated carbocycles. The van der Waals surface area contributed by atoms with Gasteiger partial charge in [0, 0.05) is 0 Å². The molecule has 0 spiro atoms. The van der Waals surface area contributed by atoms with Gasteiger partial charge >= 0.3 is 0 Å². The minimum absolute atomic E-state index is 0.357. The van der Waals surface area contributed by atoms with Crippen LogP contribution in [0.5, 0.6) is 5.75 Å². The molecule has 0 fully saturated rings. The van der Waals surface area contributed by atoms with E-state index in [1.807, 2.05) is 24.3 Å². The molecule has 1 N–H and O–H groups in total. The Morgan fingerprint density at radius 3 is 2.63 bits per heavy atom. The normalized spacial score (nSPS) is 12.1. The van der Waals surface area contributed by atoms with Crippen LogP contribution in [0.2, 0.25) is 0 Å². The summed E-state index contributed by atoms with van der Waals surface area (Å²) in [5.41, 5.74) is 4.41. The van der Waals surface area contributed by atoms with Crippen LogP contribution in [0.25, 0.3) is 17.2 Å². The predicted molar refractivity (Wildman–Crippen MR) is 82.3 cm³/mol. The van der Waals surface area contributed by atoms with E-state index in [4.69, 9.17) is 0 Å². The summed E-state index contributed by atoms with van der Waals surface area (Å²) in [6.07, 6.45) is 2.88. The van der Waals surface area contributed by atoms with E-state index >= 15 is 0 Å². The van der Waals surface area contributed by atoms with E-state index in [1.54, 1.807) is 6.07 Å². The van der Waals surface area contributed by atoms with Gasteiger partial charge in [-0.25, -0.2) is 0 Å². The Kier molecular flexibility index (Phi) is 4.06. The smallest absolute Gasteiger partial charge is 0.119 e. The Balaban J connectivity index is 2.54. The number of rotatable bonds is 4. The van der Waals surface area contributed by atoms with Gasteiger partial charge < -0.3 is 5.11 Å². The molecule has 0 heterocycles. The van der Waals surface area contributed by atoms with Gasteiger partial charge in [0.05, 0.1) is 0 Å². The Bertz CT molecular complexity index is 584. The SMILES string of the molecule is C=Cc1ccccc1-c1ccc(O)c(C(C)CC)c1. The predicted octanol–water partition coefficient (Wildman–Crippen LogP) is 5.22. The molecule has 0 amide bonds. The van der Waals surface area contributed by atoms with Gasteiger partial charge in [-0.05, 0) is 46.7 Å². The number of hydrogen-bond donors (Lipinski definition) is 1. The highest BCUT2D eigenvalue weighted by Crippen LogP contribution is 2.33. The second-order valence-corrected chi connectivity index (χ2v) is 4.87. The van der Waals surface area contributed by atoms with Gasteiger partial charge in [0.2, 0.25) is 0 Å². The molecule has 2 rings (SSSR count). The third kappa shape index (κ3) is 2.70. The van der Waals surface area contributed by atoms with Crippen molar-refractivity contribution in [3.05, 3.63) is 60.2 Å². The quantitative estimate of drug-likeness (QED) is 0.791. The van der Waals surface area contributed by atoms with Crippen molar-refractivity contribution >= 4 is 6.08 Å². The number of benzene rings is 2. The van der Waals surface area contributed by atoms with Crippen molar-refractivity contribution < 1.29 is 5.11 Å². The summed E-state index contributed by atoms with van der Waals surface area (Å²) in [7, 11) is 0. The maximum Gasteiger partial charge on any atom is 0.119 e. The first kappa shape index (κ1) is 13.4. The van der Waals surface area contributed by atoms with E-state index < -0.39 is 0 Å². The zero-order chi connectivity index (χ0) is 13.8. The van der Waals surface area contributed by atoms with Crippen LogP contribution >= 0.6 is 0 Å². The van der Waals surface area contributed by atoms with Gasteiger partial charge in [-0.3, -0.25) is 0 Å². The highest BCUT2D eigenvalue weighted by Gasteiger charge is 2.11. The van der Waals surface area contributed by atoms with Crippen molar-refractivity contribution in [1.82, 2.24) is 0 Å². The summed E-state index contributed by atoms with van der Waals surface area (Å²) in [5.74, 6) is 0.741. The van der Waals surface area contributed by atoms with Gasteiger partial charge in [-0.2, -0.15) is 0 Å². The van der Waals surface area contributed by atoms with E-state index in [9.17, 15) is 5.11 Å². The maximum atomic E-state index is 9.99. The standard InChI is InChI=1S/C18H20O/c1-4-13(3)17-12-15(10-11-18(17)19)16-9-7-6-8-14(16)5-2/h5-13,19H,2,4H2,1,3H3. The fourth-order valence-corrected chi connectivity index (χ4v) is 2.27. The molecule has 2 aromatic carbocycles. The Morgan fingerprint density at radius 1 is 1.21 bits per heavy atom. The average molecular weight is 252 g/mol. The van der Waals surface area contributed by atoms with Crippen molar-refractivity contribution in [2.24, 2.45) is 0 Å². The molecule has 0 radical (unpaired) electrons. The van der Waals surface area contributed by atoms with E-state index in [-0.39, 0.29) is 0 Å². The van der Waals surface area contributed by atoms with E-state index in [2.05, 4.69) is 38.6 Å². The Labute approximate surface area is 115 Å². The van der Waals surface area contributed by atoms with Gasteiger partial charge in [0.1, 0.15) is 5.75 Å². The topological polar surface area (TPSA) is 20.2 Å². The molecule has 2 aromatic rings. The summed E-state index contributed by atoms with van der Waals surface area (Å²) in [4.78, 5) is 0. The first-order valence-electron chi connectivity index (χ1n) is 6.72. The van der Waals surface area contributed by atoms with E-state index in [1.165, 1.54) is 0 Å². The lowest BCUT2D eigenvalue weighted by Crippen LogP contribution is -1.93. The Hall–Kier alpha value is -2.02. The average Bonchev–Trinajstić information content (AvgIpc) is 2.47.